The third-order valence-corrected chi connectivity index (χ3v) is 32.5. The second kappa shape index (κ2) is 46.1. The summed E-state index contributed by atoms with van der Waals surface area (Å²) in [7, 11) is 0. The van der Waals surface area contributed by atoms with E-state index in [9.17, 15) is 172 Å². The molecule has 0 aromatic heterocycles. The molecule has 0 amide bonds. The van der Waals surface area contributed by atoms with Crippen LogP contribution in [0.15, 0.2) is 11.6 Å². The van der Waals surface area contributed by atoms with Gasteiger partial charge in [-0.25, -0.2) is 9.59 Å². The zero-order valence-corrected chi connectivity index (χ0v) is 79.0. The molecular formula is C87H142N2O54. The molecular weight excluding hydrogens is 1940 g/mol. The zero-order valence-electron chi connectivity index (χ0n) is 79.0. The van der Waals surface area contributed by atoms with Crippen LogP contribution in [0.1, 0.15) is 106 Å². The average Bonchev–Trinajstić information content (AvgIpc) is 0.669. The number of aliphatic hydroxyl groups excluding tert-OH is 27. The monoisotopic (exact) mass is 2080 g/mol. The number of fused-ring (bicyclic) bond motifs is 7. The van der Waals surface area contributed by atoms with E-state index in [1.807, 2.05) is 26.8 Å². The van der Waals surface area contributed by atoms with Gasteiger partial charge in [-0.15, -0.1) is 0 Å². The number of carboxylic acids is 4. The number of hydrogen-bond acceptors (Lipinski definition) is 52. The van der Waals surface area contributed by atoms with Gasteiger partial charge in [-0.3, -0.25) is 14.4 Å². The fraction of sp³-hybridized carbons (Fsp3) is 0.920. The fourth-order valence-electron chi connectivity index (χ4n) is 23.9. The zero-order chi connectivity index (χ0) is 105. The maximum absolute atomic E-state index is 14.8. The minimum Gasteiger partial charge on any atom is -0.481 e. The third kappa shape index (κ3) is 21.9. The van der Waals surface area contributed by atoms with Crippen molar-refractivity contribution in [2.24, 2.45) is 56.0 Å². The Balaban J connectivity index is 0.000000245. The fourth-order valence-corrected chi connectivity index (χ4v) is 23.9. The van der Waals surface area contributed by atoms with Crippen LogP contribution in [0.3, 0.4) is 0 Å². The molecule has 0 aromatic rings. The Hall–Kier alpha value is -4.59. The SMILES string of the molecule is CC1(C)[C@@H](O[C@H]2O[C@H](C(=O)O)[C@@H](O)[C@H](O)[C@H]2O[C@@H]2O[C@H](C(=O)O)[C@@H](O)[C@H](O)[C@H]2O)CC[C@]2(C)[C@H]3C(=O)C=C4[C@@H]5C[C@@](C)(C(=O)O)CC[C@]5(C)CC[C@@]4(C)[C@]3(C)CC[C@@H]12.N.N[C@@H](CO)C(=O)O.OC[C@H]1O[C@@H]2O[C@H]3[C@H](O)[C@@H](O)[C@@H](O[C@H]4[C@H](O)[C@@H](O)[C@@H](O[C@H]5[C@H](O)[C@@H](O)[C@@H](O[C@H]6[C@H](O)[C@@H](O)[C@@H](O[C@H]7[C@H](O)[C@@H](O)[C@@H](O[C@H]8[C@H](O)[C@@H](O)[C@@H](O[C@H]1[C@H](O)[C@H]2O)O[C@@H]8CO)O[C@@H]7CO)O[C@@H]6CO)O[C@@H]5CO)O[C@@H]4CO)O[C@@H]3CO. The Labute approximate surface area is 815 Å². The summed E-state index contributed by atoms with van der Waals surface area (Å²) >= 11 is 0. The molecule has 0 radical (unpaired) electrons. The van der Waals surface area contributed by atoms with Gasteiger partial charge in [-0.1, -0.05) is 47.1 Å². The van der Waals surface area contributed by atoms with Gasteiger partial charge in [0.15, 0.2) is 74.6 Å². The van der Waals surface area contributed by atoms with Crippen LogP contribution in [-0.2, 0) is 109 Å². The summed E-state index contributed by atoms with van der Waals surface area (Å²) in [5, 5.41) is 329. The molecule has 0 spiro atoms. The molecule has 28 rings (SSSR count). The Morgan fingerprint density at radius 3 is 0.979 bits per heavy atom. The number of allylic oxidation sites excluding steroid dienone is 2. The first-order valence-corrected chi connectivity index (χ1v) is 47.1. The lowest BCUT2D eigenvalue weighted by atomic mass is 9.33. The molecule has 56 heteroatoms. The molecule has 14 bridgehead atoms. The van der Waals surface area contributed by atoms with Gasteiger partial charge in [-0.2, -0.15) is 0 Å². The summed E-state index contributed by atoms with van der Waals surface area (Å²) in [6.07, 6.45) is -82.5. The van der Waals surface area contributed by atoms with Crippen LogP contribution in [0.2, 0.25) is 0 Å². The van der Waals surface area contributed by atoms with Crippen LogP contribution in [0, 0.1) is 50.2 Å². The maximum Gasteiger partial charge on any atom is 0.335 e. The Morgan fingerprint density at radius 1 is 0.371 bits per heavy atom. The summed E-state index contributed by atoms with van der Waals surface area (Å²) < 4.78 is 103. The number of hydrogen-bond donors (Lipinski definition) is 33. The Morgan fingerprint density at radius 2 is 0.685 bits per heavy atom. The van der Waals surface area contributed by atoms with Gasteiger partial charge in [0.2, 0.25) is 0 Å². The lowest BCUT2D eigenvalue weighted by molar-refractivity contribution is -0.396. The van der Waals surface area contributed by atoms with Crippen molar-refractivity contribution in [3.63, 3.8) is 0 Å². The number of carboxylic acid groups (broad SMARTS) is 4. The number of rotatable bonds is 16. The summed E-state index contributed by atoms with van der Waals surface area (Å²) in [4.78, 5) is 60.9. The highest BCUT2D eigenvalue weighted by molar-refractivity contribution is 5.96. The molecule has 0 aromatic carbocycles. The van der Waals surface area contributed by atoms with Crippen molar-refractivity contribution < 1.29 is 268 Å². The molecule has 143 heavy (non-hydrogen) atoms. The third-order valence-electron chi connectivity index (χ3n) is 32.5. The summed E-state index contributed by atoms with van der Waals surface area (Å²) in [5.41, 5.74) is 2.96. The van der Waals surface area contributed by atoms with E-state index < -0.39 is 387 Å². The number of ketones is 1. The van der Waals surface area contributed by atoms with Crippen LogP contribution in [0.25, 0.3) is 0 Å². The first kappa shape index (κ1) is 117. The minimum absolute atomic E-state index is 0. The molecule has 0 unspecified atom stereocenters. The molecule has 23 aliphatic heterocycles. The lowest BCUT2D eigenvalue weighted by Gasteiger charge is -2.70. The topological polar surface area (TPSA) is 940 Å². The summed E-state index contributed by atoms with van der Waals surface area (Å²) in [6.45, 7) is 7.01. The van der Waals surface area contributed by atoms with Crippen molar-refractivity contribution in [3.8, 4) is 0 Å². The summed E-state index contributed by atoms with van der Waals surface area (Å²) in [5.74, 6) is -5.65. The van der Waals surface area contributed by atoms with Gasteiger partial charge < -0.3 is 255 Å². The highest BCUT2D eigenvalue weighted by Crippen LogP contribution is 2.76. The Kier molecular flexibility index (Phi) is 37.8. The van der Waals surface area contributed by atoms with Crippen LogP contribution in [0.5, 0.6) is 0 Å². The molecule has 28 aliphatic rings. The number of ether oxygens (including phenoxy) is 18. The second-order valence-electron chi connectivity index (χ2n) is 41.4. The molecule has 824 valence electrons. The van der Waals surface area contributed by atoms with E-state index in [2.05, 4.69) is 27.7 Å². The van der Waals surface area contributed by atoms with Crippen LogP contribution >= 0.6 is 0 Å². The van der Waals surface area contributed by atoms with E-state index in [1.165, 1.54) is 0 Å². The largest absolute Gasteiger partial charge is 0.481 e. The van der Waals surface area contributed by atoms with Crippen molar-refractivity contribution in [2.75, 3.05) is 52.9 Å². The van der Waals surface area contributed by atoms with Gasteiger partial charge >= 0.3 is 23.9 Å². The highest BCUT2D eigenvalue weighted by Gasteiger charge is 2.72. The molecule has 55 atom stereocenters. The number of carbonyl (C=O) groups is 5. The smallest absolute Gasteiger partial charge is 0.335 e. The molecule has 5 aliphatic carbocycles. The van der Waals surface area contributed by atoms with E-state index in [0.29, 0.717) is 25.7 Å². The van der Waals surface area contributed by atoms with Crippen LogP contribution < -0.4 is 11.9 Å². The molecule has 36 N–H and O–H groups in total. The molecule has 4 saturated carbocycles. The van der Waals surface area contributed by atoms with Gasteiger partial charge in [-0.05, 0) is 110 Å². The van der Waals surface area contributed by atoms with Crippen LogP contribution in [-0.4, -0.2) is 529 Å². The van der Waals surface area contributed by atoms with E-state index in [-0.39, 0.29) is 40.5 Å². The molecule has 27 fully saturated rings. The molecule has 23 heterocycles. The standard InChI is InChI=1S/C42H70O35.C42H62O16.C3H7NO3.H3N/c43-1-8-29-15(50)22(57)36(64-8)72-30-9(2-44)66-38(24(59)17(30)52)74-32-11(4-46)68-40(26(61)19(32)54)76-34-13(6-48)70-42(28(63)21(34)56)77-35-14(7-49)69-41(27(62)20(35)55)75-33-12(5-47)67-39(25(60)18(33)53)73-31-10(3-45)65-37(71-29)23(58)16(31)51;1-37(2)21-8-11-42(7)31(20(43)16-18-19-17-39(4,36(53)54)13-12-38(19,3)14-15-41(18,42)6)40(21,5)10-9-22(37)55-35-30(26(47)25(46)29(57-35)33(51)52)58-34-27(48)23(44)24(45)28(56-34)32(49)50;4-2(1-5)3(6)7;/h8-63H,1-7H2;16,19,21-31,34-35,44-48H,8-15,17H2,1-7H3,(H,49,50)(H,51,52)(H,53,54);2,5H,1,4H2,(H,6,7);1H3/t8-,9-,10-,11-,12-,13-,14-,15-,16-,17-,18-,19-,20-,21-,22-,23-,24-,25-,26-,27-,28-,29-,30-,31-,32-,33-,34-,35-,36-,37-,38-,39-,40-,41-,42-;19-,21-,22-,23-,24-,25-,26-,27+,28-,29-,30+,31+,34-,35-,38+,39-,40-,41+,42+;2-;/m100./s1. The predicted octanol–water partition coefficient (Wildman–Crippen LogP) is -14.4. The quantitative estimate of drug-likeness (QED) is 0.0638. The number of aliphatic hydroxyl groups is 27. The lowest BCUT2D eigenvalue weighted by Crippen LogP contribution is -2.68. The van der Waals surface area contributed by atoms with E-state index in [0.717, 1.165) is 37.7 Å². The van der Waals surface area contributed by atoms with E-state index in [4.69, 9.17) is 101 Å². The molecule has 56 nitrogen and oxygen atoms in total. The predicted molar refractivity (Wildman–Crippen MR) is 456 cm³/mol. The normalized spacial score (nSPS) is 51.8. The van der Waals surface area contributed by atoms with Crippen LogP contribution in [0.4, 0.5) is 0 Å². The minimum atomic E-state index is -2.21. The van der Waals surface area contributed by atoms with Crippen molar-refractivity contribution in [2.45, 2.75) is 395 Å². The molecule has 23 saturated heterocycles. The number of aliphatic carboxylic acids is 4. The van der Waals surface area contributed by atoms with E-state index >= 15 is 0 Å². The first-order valence-electron chi connectivity index (χ1n) is 47.1. The van der Waals surface area contributed by atoms with Gasteiger partial charge in [0.05, 0.1) is 64.4 Å². The van der Waals surface area contributed by atoms with Gasteiger partial charge in [0.25, 0.3) is 0 Å². The van der Waals surface area contributed by atoms with Crippen molar-refractivity contribution in [1.29, 1.82) is 0 Å². The van der Waals surface area contributed by atoms with E-state index in [1.54, 1.807) is 0 Å². The van der Waals surface area contributed by atoms with Crippen molar-refractivity contribution in [1.82, 2.24) is 6.15 Å². The number of nitrogens with two attached hydrogens (primary N) is 1. The second-order valence-corrected chi connectivity index (χ2v) is 41.4. The first-order chi connectivity index (χ1) is 66.6. The Bertz CT molecular complexity index is 3910. The average molecular weight is 2080 g/mol. The van der Waals surface area contributed by atoms with Crippen molar-refractivity contribution in [3.05, 3.63) is 11.6 Å². The van der Waals surface area contributed by atoms with Gasteiger partial charge in [0.1, 0.15) is 214 Å². The summed E-state index contributed by atoms with van der Waals surface area (Å²) in [6, 6.07) is -1.13. The van der Waals surface area contributed by atoms with Gasteiger partial charge in [0, 0.05) is 5.92 Å². The maximum atomic E-state index is 14.8. The highest BCUT2D eigenvalue weighted by atomic mass is 16.8. The number of carbonyl (C=O) groups excluding carboxylic acids is 1. The van der Waals surface area contributed by atoms with Crippen molar-refractivity contribution >= 4 is 29.7 Å².